The molecule has 2 rings (SSSR count). The SMILES string of the molecule is CCCS(=O)(=O)N1CCN(Cc2ccco2)CC1.O=C(O)C(=O)O. The van der Waals surface area contributed by atoms with Gasteiger partial charge in [0, 0.05) is 26.2 Å². The zero-order valence-electron chi connectivity index (χ0n) is 13.4. The number of hydrogen-bond acceptors (Lipinski definition) is 6. The molecule has 1 aromatic heterocycles. The van der Waals surface area contributed by atoms with Gasteiger partial charge in [0.15, 0.2) is 0 Å². The smallest absolute Gasteiger partial charge is 0.414 e. The fourth-order valence-electron chi connectivity index (χ4n) is 2.18. The van der Waals surface area contributed by atoms with Crippen LogP contribution in [0.3, 0.4) is 0 Å². The lowest BCUT2D eigenvalue weighted by atomic mass is 10.3. The van der Waals surface area contributed by atoms with Crippen molar-refractivity contribution in [1.82, 2.24) is 9.21 Å². The highest BCUT2D eigenvalue weighted by atomic mass is 32.2. The topological polar surface area (TPSA) is 128 Å². The third kappa shape index (κ3) is 6.69. The maximum Gasteiger partial charge on any atom is 0.414 e. The summed E-state index contributed by atoms with van der Waals surface area (Å²) < 4.78 is 30.7. The molecule has 1 aliphatic rings. The molecule has 136 valence electrons. The van der Waals surface area contributed by atoms with Crippen molar-refractivity contribution < 1.29 is 32.6 Å². The molecule has 0 aliphatic carbocycles. The van der Waals surface area contributed by atoms with Gasteiger partial charge in [0.25, 0.3) is 0 Å². The molecule has 0 unspecified atom stereocenters. The van der Waals surface area contributed by atoms with Gasteiger partial charge in [-0.15, -0.1) is 0 Å². The van der Waals surface area contributed by atoms with E-state index in [1.165, 1.54) is 0 Å². The Kier molecular flexibility index (Phi) is 7.89. The van der Waals surface area contributed by atoms with E-state index in [0.717, 1.165) is 25.4 Å². The predicted molar refractivity (Wildman–Crippen MR) is 84.9 cm³/mol. The summed E-state index contributed by atoms with van der Waals surface area (Å²) in [6, 6.07) is 3.82. The Morgan fingerprint density at radius 1 is 1.17 bits per heavy atom. The van der Waals surface area contributed by atoms with Gasteiger partial charge in [-0.05, 0) is 18.6 Å². The van der Waals surface area contributed by atoms with E-state index in [-0.39, 0.29) is 5.75 Å². The lowest BCUT2D eigenvalue weighted by molar-refractivity contribution is -0.159. The maximum absolute atomic E-state index is 11.9. The molecular weight excluding hydrogens is 340 g/mol. The average molecular weight is 362 g/mol. The van der Waals surface area contributed by atoms with Crippen LogP contribution in [0.2, 0.25) is 0 Å². The van der Waals surface area contributed by atoms with Gasteiger partial charge < -0.3 is 14.6 Å². The van der Waals surface area contributed by atoms with Gasteiger partial charge in [-0.2, -0.15) is 4.31 Å². The van der Waals surface area contributed by atoms with Crippen LogP contribution in [0.25, 0.3) is 0 Å². The van der Waals surface area contributed by atoms with Crippen molar-refractivity contribution in [3.05, 3.63) is 24.2 Å². The number of carbonyl (C=O) groups is 2. The molecule has 0 saturated carbocycles. The van der Waals surface area contributed by atoms with Crippen molar-refractivity contribution in [2.24, 2.45) is 0 Å². The lowest BCUT2D eigenvalue weighted by Crippen LogP contribution is -2.48. The first-order chi connectivity index (χ1) is 11.3. The number of rotatable bonds is 5. The molecule has 2 N–H and O–H groups in total. The van der Waals surface area contributed by atoms with Gasteiger partial charge in [-0.1, -0.05) is 6.92 Å². The Bertz CT molecular complexity index is 608. The molecule has 0 bridgehead atoms. The molecule has 0 amide bonds. The molecule has 0 radical (unpaired) electrons. The Morgan fingerprint density at radius 3 is 2.17 bits per heavy atom. The molecule has 0 aromatic carbocycles. The summed E-state index contributed by atoms with van der Waals surface area (Å²) in [4.78, 5) is 20.4. The van der Waals surface area contributed by atoms with Crippen LogP contribution in [-0.4, -0.2) is 71.7 Å². The van der Waals surface area contributed by atoms with Crippen LogP contribution >= 0.6 is 0 Å². The second kappa shape index (κ2) is 9.40. The molecule has 0 spiro atoms. The Balaban J connectivity index is 0.000000413. The largest absolute Gasteiger partial charge is 0.473 e. The summed E-state index contributed by atoms with van der Waals surface area (Å²) in [5.74, 6) is -2.46. The first-order valence-electron chi connectivity index (χ1n) is 7.45. The van der Waals surface area contributed by atoms with Crippen molar-refractivity contribution >= 4 is 22.0 Å². The number of furan rings is 1. The molecule has 2 heterocycles. The molecule has 9 nitrogen and oxygen atoms in total. The maximum atomic E-state index is 11.9. The van der Waals surface area contributed by atoms with E-state index in [1.54, 1.807) is 10.6 Å². The molecule has 1 aliphatic heterocycles. The second-order valence-electron chi connectivity index (χ2n) is 5.18. The van der Waals surface area contributed by atoms with Crippen LogP contribution in [0.5, 0.6) is 0 Å². The third-order valence-corrected chi connectivity index (χ3v) is 5.41. The van der Waals surface area contributed by atoms with Crippen LogP contribution in [0.4, 0.5) is 0 Å². The summed E-state index contributed by atoms with van der Waals surface area (Å²) in [5.41, 5.74) is 0. The number of carboxylic acids is 2. The minimum absolute atomic E-state index is 0.255. The van der Waals surface area contributed by atoms with E-state index in [9.17, 15) is 8.42 Å². The summed E-state index contributed by atoms with van der Waals surface area (Å²) in [5, 5.41) is 14.8. The van der Waals surface area contributed by atoms with Gasteiger partial charge in [0.2, 0.25) is 10.0 Å². The molecule has 1 saturated heterocycles. The highest BCUT2D eigenvalue weighted by Gasteiger charge is 2.26. The van der Waals surface area contributed by atoms with Crippen LogP contribution < -0.4 is 0 Å². The number of nitrogens with zero attached hydrogens (tertiary/aromatic N) is 2. The Labute approximate surface area is 140 Å². The van der Waals surface area contributed by atoms with Gasteiger partial charge in [-0.3, -0.25) is 4.90 Å². The van der Waals surface area contributed by atoms with Crippen LogP contribution in [0.1, 0.15) is 19.1 Å². The van der Waals surface area contributed by atoms with Gasteiger partial charge >= 0.3 is 11.9 Å². The third-order valence-electron chi connectivity index (χ3n) is 3.33. The first-order valence-corrected chi connectivity index (χ1v) is 9.06. The van der Waals surface area contributed by atoms with Crippen molar-refractivity contribution in [3.63, 3.8) is 0 Å². The molecule has 24 heavy (non-hydrogen) atoms. The lowest BCUT2D eigenvalue weighted by Gasteiger charge is -2.33. The Hall–Kier alpha value is -1.91. The highest BCUT2D eigenvalue weighted by Crippen LogP contribution is 2.12. The fourth-order valence-corrected chi connectivity index (χ4v) is 3.67. The quantitative estimate of drug-likeness (QED) is 0.715. The summed E-state index contributed by atoms with van der Waals surface area (Å²) in [7, 11) is -3.04. The van der Waals surface area contributed by atoms with E-state index < -0.39 is 22.0 Å². The van der Waals surface area contributed by atoms with Crippen molar-refractivity contribution in [3.8, 4) is 0 Å². The number of piperazine rings is 1. The monoisotopic (exact) mass is 362 g/mol. The Morgan fingerprint density at radius 2 is 1.75 bits per heavy atom. The van der Waals surface area contributed by atoms with E-state index in [2.05, 4.69) is 4.90 Å². The van der Waals surface area contributed by atoms with Crippen molar-refractivity contribution in [2.75, 3.05) is 31.9 Å². The van der Waals surface area contributed by atoms with Crippen molar-refractivity contribution in [2.45, 2.75) is 19.9 Å². The predicted octanol–water partition coefficient (Wildman–Crippen LogP) is 0.293. The zero-order valence-corrected chi connectivity index (χ0v) is 14.2. The van der Waals surface area contributed by atoms with E-state index in [1.807, 2.05) is 19.1 Å². The van der Waals surface area contributed by atoms with E-state index in [0.29, 0.717) is 19.5 Å². The number of hydrogen-bond donors (Lipinski definition) is 2. The first kappa shape index (κ1) is 20.1. The van der Waals surface area contributed by atoms with Crippen LogP contribution in [-0.2, 0) is 26.2 Å². The zero-order chi connectivity index (χ0) is 18.2. The summed E-state index contributed by atoms with van der Waals surface area (Å²) in [6.45, 7) is 5.36. The summed E-state index contributed by atoms with van der Waals surface area (Å²) >= 11 is 0. The van der Waals surface area contributed by atoms with E-state index >= 15 is 0 Å². The number of sulfonamides is 1. The van der Waals surface area contributed by atoms with Crippen LogP contribution in [0, 0.1) is 0 Å². The molecule has 1 fully saturated rings. The average Bonchev–Trinajstić information content (AvgIpc) is 3.01. The summed E-state index contributed by atoms with van der Waals surface area (Å²) in [6.07, 6.45) is 2.34. The highest BCUT2D eigenvalue weighted by molar-refractivity contribution is 7.89. The van der Waals surface area contributed by atoms with Gasteiger partial charge in [0.1, 0.15) is 5.76 Å². The molecule has 0 atom stereocenters. The minimum atomic E-state index is -3.04. The number of carboxylic acid groups (broad SMARTS) is 2. The van der Waals surface area contributed by atoms with Crippen molar-refractivity contribution in [1.29, 1.82) is 0 Å². The number of aliphatic carboxylic acids is 2. The second-order valence-corrected chi connectivity index (χ2v) is 7.27. The molecular formula is C14H22N2O7S. The fraction of sp³-hybridized carbons (Fsp3) is 0.571. The standard InChI is InChI=1S/C12H20N2O3S.C2H2O4/c1-2-10-18(15,16)14-7-5-13(6-8-14)11-12-4-3-9-17-12;3-1(4)2(5)6/h3-4,9H,2,5-8,10-11H2,1H3;(H,3,4)(H,5,6). The molecule has 10 heteroatoms. The van der Waals surface area contributed by atoms with Gasteiger partial charge in [-0.25, -0.2) is 18.0 Å². The molecule has 1 aromatic rings. The normalized spacial score (nSPS) is 16.2. The van der Waals surface area contributed by atoms with Gasteiger partial charge in [0.05, 0.1) is 18.6 Å². The van der Waals surface area contributed by atoms with E-state index in [4.69, 9.17) is 24.2 Å². The van der Waals surface area contributed by atoms with Crippen LogP contribution in [0.15, 0.2) is 22.8 Å². The minimum Gasteiger partial charge on any atom is -0.473 e.